The van der Waals surface area contributed by atoms with Crippen LogP contribution in [0.4, 0.5) is 33.3 Å². The standard InChI is InChI=1S/C23H18F5N3O3/c1-3-10-9-22(34,23(26,27)28)21(12-8-14(25)19(29-2)20(33)17(10)12)30-15-6-5-13(24)18-11(15)4-7-16(32)31-18/h4-8,10,21,30,33-34H,3,9H2,1H3,(H,31,32)/t10-,21+,22-/m1/s1. The number of aliphatic hydroxyl groups is 1. The highest BCUT2D eigenvalue weighted by Crippen LogP contribution is 2.57. The van der Waals surface area contributed by atoms with E-state index in [1.165, 1.54) is 6.07 Å². The van der Waals surface area contributed by atoms with Crippen LogP contribution in [0.15, 0.2) is 35.1 Å². The highest BCUT2D eigenvalue weighted by Gasteiger charge is 2.62. The maximum Gasteiger partial charge on any atom is 0.419 e. The van der Waals surface area contributed by atoms with E-state index in [0.29, 0.717) is 6.07 Å². The molecule has 2 aromatic carbocycles. The van der Waals surface area contributed by atoms with E-state index in [2.05, 4.69) is 15.1 Å². The molecule has 3 aromatic rings. The number of anilines is 1. The Morgan fingerprint density at radius 1 is 1.24 bits per heavy atom. The largest absolute Gasteiger partial charge is 0.519 e. The smallest absolute Gasteiger partial charge is 0.419 e. The van der Waals surface area contributed by atoms with Gasteiger partial charge in [-0.05, 0) is 54.2 Å². The van der Waals surface area contributed by atoms with Crippen molar-refractivity contribution < 1.29 is 32.2 Å². The minimum absolute atomic E-state index is 0.0192. The van der Waals surface area contributed by atoms with Crippen molar-refractivity contribution in [2.24, 2.45) is 0 Å². The molecule has 1 aliphatic rings. The Morgan fingerprint density at radius 2 is 1.94 bits per heavy atom. The second kappa shape index (κ2) is 7.99. The van der Waals surface area contributed by atoms with Gasteiger partial charge in [-0.1, -0.05) is 6.92 Å². The molecule has 1 heterocycles. The highest BCUT2D eigenvalue weighted by molar-refractivity contribution is 5.92. The van der Waals surface area contributed by atoms with Crippen molar-refractivity contribution in [2.45, 2.75) is 43.5 Å². The van der Waals surface area contributed by atoms with Crippen molar-refractivity contribution in [2.75, 3.05) is 5.32 Å². The van der Waals surface area contributed by atoms with Gasteiger partial charge in [0.15, 0.2) is 5.60 Å². The number of phenols is 1. The van der Waals surface area contributed by atoms with Gasteiger partial charge in [-0.25, -0.2) is 13.6 Å². The van der Waals surface area contributed by atoms with Crippen molar-refractivity contribution in [3.63, 3.8) is 0 Å². The van der Waals surface area contributed by atoms with E-state index in [-0.39, 0.29) is 34.1 Å². The zero-order valence-electron chi connectivity index (χ0n) is 17.6. The van der Waals surface area contributed by atoms with Gasteiger partial charge in [0, 0.05) is 17.1 Å². The van der Waals surface area contributed by atoms with E-state index in [0.717, 1.165) is 18.2 Å². The number of fused-ring (bicyclic) bond motifs is 2. The van der Waals surface area contributed by atoms with Crippen LogP contribution in [-0.4, -0.2) is 27.0 Å². The number of aromatic amines is 1. The number of aromatic hydroxyl groups is 1. The molecule has 3 atom stereocenters. The Bertz CT molecular complexity index is 1400. The lowest BCUT2D eigenvalue weighted by atomic mass is 9.69. The van der Waals surface area contributed by atoms with E-state index in [4.69, 9.17) is 6.57 Å². The number of nitrogens with zero attached hydrogens (tertiary/aromatic N) is 1. The molecule has 0 bridgehead atoms. The van der Waals surface area contributed by atoms with Gasteiger partial charge in [0.1, 0.15) is 17.4 Å². The van der Waals surface area contributed by atoms with Crippen LogP contribution in [0.3, 0.4) is 0 Å². The third-order valence-electron chi connectivity index (χ3n) is 6.29. The molecule has 0 amide bonds. The molecule has 34 heavy (non-hydrogen) atoms. The van der Waals surface area contributed by atoms with Gasteiger partial charge in [0.2, 0.25) is 5.56 Å². The zero-order valence-corrected chi connectivity index (χ0v) is 17.6. The number of phenolic OH excluding ortho intramolecular Hbond substituents is 1. The van der Waals surface area contributed by atoms with Crippen molar-refractivity contribution in [3.8, 4) is 5.75 Å². The van der Waals surface area contributed by atoms with Crippen molar-refractivity contribution in [1.29, 1.82) is 0 Å². The summed E-state index contributed by atoms with van der Waals surface area (Å²) in [6, 6.07) is 2.98. The monoisotopic (exact) mass is 479 g/mol. The Hall–Kier alpha value is -3.65. The molecular weight excluding hydrogens is 461 g/mol. The number of halogens is 5. The molecule has 0 fully saturated rings. The quantitative estimate of drug-likeness (QED) is 0.299. The zero-order chi connectivity index (χ0) is 25.0. The Kier molecular flexibility index (Phi) is 5.52. The summed E-state index contributed by atoms with van der Waals surface area (Å²) in [7, 11) is 0. The number of hydrogen-bond acceptors (Lipinski definition) is 4. The summed E-state index contributed by atoms with van der Waals surface area (Å²) in [5.41, 5.74) is -5.55. The first kappa shape index (κ1) is 23.5. The molecule has 11 heteroatoms. The fourth-order valence-electron chi connectivity index (χ4n) is 4.61. The predicted octanol–water partition coefficient (Wildman–Crippen LogP) is 5.41. The lowest BCUT2D eigenvalue weighted by molar-refractivity contribution is -0.272. The third-order valence-corrected chi connectivity index (χ3v) is 6.29. The highest BCUT2D eigenvalue weighted by atomic mass is 19.4. The Labute approximate surface area is 189 Å². The number of pyridine rings is 1. The van der Waals surface area contributed by atoms with E-state index in [9.17, 15) is 37.0 Å². The normalized spacial score (nSPS) is 22.3. The maximum absolute atomic E-state index is 14.6. The minimum atomic E-state index is -5.18. The summed E-state index contributed by atoms with van der Waals surface area (Å²) in [6.07, 6.45) is -5.98. The van der Waals surface area contributed by atoms with Crippen molar-refractivity contribution in [1.82, 2.24) is 4.98 Å². The summed E-state index contributed by atoms with van der Waals surface area (Å²) in [5.74, 6) is -3.87. The van der Waals surface area contributed by atoms with Crippen LogP contribution in [0.2, 0.25) is 0 Å². The summed E-state index contributed by atoms with van der Waals surface area (Å²) in [6.45, 7) is 8.66. The average Bonchev–Trinajstić information content (AvgIpc) is 2.76. The molecule has 1 aliphatic carbocycles. The van der Waals surface area contributed by atoms with Gasteiger partial charge < -0.3 is 20.5 Å². The van der Waals surface area contributed by atoms with Crippen molar-refractivity contribution in [3.05, 3.63) is 74.9 Å². The summed E-state index contributed by atoms with van der Waals surface area (Å²) >= 11 is 0. The van der Waals surface area contributed by atoms with Gasteiger partial charge in [-0.2, -0.15) is 13.2 Å². The van der Waals surface area contributed by atoms with E-state index in [1.54, 1.807) is 6.92 Å². The molecular formula is C23H18F5N3O3. The lowest BCUT2D eigenvalue weighted by Crippen LogP contribution is -2.55. The van der Waals surface area contributed by atoms with E-state index in [1.807, 2.05) is 0 Å². The summed E-state index contributed by atoms with van der Waals surface area (Å²) in [5, 5.41) is 24.1. The molecule has 4 N–H and O–H groups in total. The lowest BCUT2D eigenvalue weighted by Gasteiger charge is -2.46. The summed E-state index contributed by atoms with van der Waals surface area (Å²) < 4.78 is 71.7. The van der Waals surface area contributed by atoms with Crippen LogP contribution in [0.5, 0.6) is 5.75 Å². The number of rotatable bonds is 3. The molecule has 0 saturated carbocycles. The van der Waals surface area contributed by atoms with Crippen LogP contribution in [0.1, 0.15) is 42.9 Å². The minimum Gasteiger partial charge on any atom is -0.519 e. The Balaban J connectivity index is 2.00. The maximum atomic E-state index is 14.6. The number of hydrogen-bond donors (Lipinski definition) is 4. The molecule has 0 radical (unpaired) electrons. The van der Waals surface area contributed by atoms with Gasteiger partial charge in [-0.15, -0.1) is 0 Å². The second-order valence-electron chi connectivity index (χ2n) is 8.19. The number of benzene rings is 2. The average molecular weight is 479 g/mol. The topological polar surface area (TPSA) is 89.7 Å². The SMILES string of the molecule is [C-]#[N+]c1c(F)cc2c(c1O)[C@H](CC)C[C@](O)(C(F)(F)F)[C@H]2Nc1ccc(F)c2[nH]c(=O)ccc12. The third kappa shape index (κ3) is 3.45. The first-order chi connectivity index (χ1) is 15.9. The van der Waals surface area contributed by atoms with E-state index >= 15 is 0 Å². The molecule has 4 rings (SSSR count). The number of nitrogens with one attached hydrogen (secondary N) is 2. The molecule has 0 unspecified atom stereocenters. The fourth-order valence-corrected chi connectivity index (χ4v) is 4.61. The number of alkyl halides is 3. The van der Waals surface area contributed by atoms with Gasteiger partial charge in [0.25, 0.3) is 5.69 Å². The molecule has 6 nitrogen and oxygen atoms in total. The van der Waals surface area contributed by atoms with Crippen LogP contribution < -0.4 is 10.9 Å². The predicted molar refractivity (Wildman–Crippen MR) is 114 cm³/mol. The first-order valence-corrected chi connectivity index (χ1v) is 10.2. The fraction of sp³-hybridized carbons (Fsp3) is 0.304. The van der Waals surface area contributed by atoms with E-state index < -0.39 is 58.8 Å². The molecule has 178 valence electrons. The molecule has 1 aromatic heterocycles. The van der Waals surface area contributed by atoms with Crippen LogP contribution >= 0.6 is 0 Å². The van der Waals surface area contributed by atoms with Gasteiger partial charge >= 0.3 is 6.18 Å². The number of aromatic nitrogens is 1. The molecule has 0 saturated heterocycles. The van der Waals surface area contributed by atoms with Crippen LogP contribution in [0, 0.1) is 18.2 Å². The van der Waals surface area contributed by atoms with Gasteiger partial charge in [0.05, 0.1) is 18.1 Å². The molecule has 0 aliphatic heterocycles. The van der Waals surface area contributed by atoms with Crippen molar-refractivity contribution >= 4 is 22.3 Å². The van der Waals surface area contributed by atoms with Crippen LogP contribution in [0.25, 0.3) is 15.7 Å². The van der Waals surface area contributed by atoms with Gasteiger partial charge in [-0.3, -0.25) is 4.79 Å². The second-order valence-corrected chi connectivity index (χ2v) is 8.19. The van der Waals surface area contributed by atoms with Crippen LogP contribution in [-0.2, 0) is 0 Å². The number of H-pyrrole nitrogens is 1. The Morgan fingerprint density at radius 3 is 2.56 bits per heavy atom. The summed E-state index contributed by atoms with van der Waals surface area (Å²) in [4.78, 5) is 16.8. The first-order valence-electron chi connectivity index (χ1n) is 10.2. The molecule has 0 spiro atoms.